The molecule has 0 saturated carbocycles. The molecule has 0 aliphatic carbocycles. The molecular formula is C11H10ClN3O. The summed E-state index contributed by atoms with van der Waals surface area (Å²) in [4.78, 5) is 19.8. The van der Waals surface area contributed by atoms with Crippen molar-refractivity contribution < 1.29 is 0 Å². The number of halogens is 1. The Bertz CT molecular complexity index is 551. The van der Waals surface area contributed by atoms with Gasteiger partial charge in [-0.05, 0) is 30.7 Å². The summed E-state index contributed by atoms with van der Waals surface area (Å²) in [5.41, 5.74) is 1.26. The van der Waals surface area contributed by atoms with Gasteiger partial charge in [0.1, 0.15) is 0 Å². The zero-order valence-corrected chi connectivity index (χ0v) is 9.48. The van der Waals surface area contributed by atoms with E-state index in [1.54, 1.807) is 24.5 Å². The van der Waals surface area contributed by atoms with Crippen LogP contribution in [0.15, 0.2) is 35.4 Å². The van der Waals surface area contributed by atoms with Gasteiger partial charge in [0.2, 0.25) is 5.28 Å². The Morgan fingerprint density at radius 2 is 2.06 bits per heavy atom. The topological polar surface area (TPSA) is 47.8 Å². The highest BCUT2D eigenvalue weighted by Gasteiger charge is 2.06. The molecule has 16 heavy (non-hydrogen) atoms. The number of rotatable bonds is 2. The molecule has 0 radical (unpaired) electrons. The fraction of sp³-hybridized carbons (Fsp3) is 0.182. The fourth-order valence-electron chi connectivity index (χ4n) is 1.43. The third-order valence-electron chi connectivity index (χ3n) is 2.25. The lowest BCUT2D eigenvalue weighted by Crippen LogP contribution is -2.20. The van der Waals surface area contributed by atoms with Gasteiger partial charge in [-0.3, -0.25) is 14.3 Å². The summed E-state index contributed by atoms with van der Waals surface area (Å²) in [6.45, 7) is 2.36. The van der Waals surface area contributed by atoms with Gasteiger partial charge in [-0.2, -0.15) is 0 Å². The molecule has 0 aliphatic heterocycles. The van der Waals surface area contributed by atoms with Crippen LogP contribution in [-0.2, 0) is 6.54 Å². The van der Waals surface area contributed by atoms with Gasteiger partial charge in [0.25, 0.3) is 5.56 Å². The van der Waals surface area contributed by atoms with E-state index in [9.17, 15) is 4.79 Å². The van der Waals surface area contributed by atoms with Crippen LogP contribution in [0.25, 0.3) is 11.3 Å². The molecule has 0 unspecified atom stereocenters. The molecule has 4 nitrogen and oxygen atoms in total. The molecule has 0 atom stereocenters. The first-order valence-electron chi connectivity index (χ1n) is 4.90. The van der Waals surface area contributed by atoms with E-state index in [1.165, 1.54) is 10.6 Å². The Hall–Kier alpha value is -1.68. The number of aromatic nitrogens is 3. The number of hydrogen-bond acceptors (Lipinski definition) is 3. The van der Waals surface area contributed by atoms with Gasteiger partial charge in [0.15, 0.2) is 0 Å². The van der Waals surface area contributed by atoms with Gasteiger partial charge in [-0.15, -0.1) is 0 Å². The van der Waals surface area contributed by atoms with E-state index in [4.69, 9.17) is 11.6 Å². The molecule has 0 aliphatic rings. The van der Waals surface area contributed by atoms with Gasteiger partial charge in [0.05, 0.1) is 5.69 Å². The average Bonchev–Trinajstić information content (AvgIpc) is 2.30. The van der Waals surface area contributed by atoms with Crippen molar-refractivity contribution in [2.24, 2.45) is 0 Å². The summed E-state index contributed by atoms with van der Waals surface area (Å²) < 4.78 is 1.41. The van der Waals surface area contributed by atoms with Crippen LogP contribution in [0.1, 0.15) is 6.92 Å². The lowest BCUT2D eigenvalue weighted by molar-refractivity contribution is 0.709. The van der Waals surface area contributed by atoms with Crippen LogP contribution in [0, 0.1) is 0 Å². The Kier molecular flexibility index (Phi) is 3.01. The molecule has 2 aromatic heterocycles. The second kappa shape index (κ2) is 4.45. The lowest BCUT2D eigenvalue weighted by Gasteiger charge is -2.06. The molecule has 2 rings (SSSR count). The van der Waals surface area contributed by atoms with Gasteiger partial charge < -0.3 is 0 Å². The van der Waals surface area contributed by atoms with Crippen molar-refractivity contribution in [2.75, 3.05) is 0 Å². The Morgan fingerprint density at radius 3 is 2.62 bits per heavy atom. The predicted octanol–water partition coefficient (Wildman–Crippen LogP) is 1.98. The van der Waals surface area contributed by atoms with Crippen LogP contribution in [-0.4, -0.2) is 14.5 Å². The summed E-state index contributed by atoms with van der Waals surface area (Å²) >= 11 is 5.92. The van der Waals surface area contributed by atoms with Gasteiger partial charge in [-0.1, -0.05) is 0 Å². The van der Waals surface area contributed by atoms with Crippen LogP contribution in [0.4, 0.5) is 0 Å². The SMILES string of the molecule is CCn1c(Cl)nc(-c2ccncc2)cc1=O. The van der Waals surface area contributed by atoms with Crippen LogP contribution in [0.5, 0.6) is 0 Å². The third kappa shape index (κ3) is 1.97. The smallest absolute Gasteiger partial charge is 0.255 e. The minimum Gasteiger partial charge on any atom is -0.284 e. The maximum absolute atomic E-state index is 11.7. The molecule has 0 N–H and O–H groups in total. The summed E-state index contributed by atoms with van der Waals surface area (Å²) in [6.07, 6.45) is 3.30. The highest BCUT2D eigenvalue weighted by atomic mass is 35.5. The highest BCUT2D eigenvalue weighted by molar-refractivity contribution is 6.28. The summed E-state index contributed by atoms with van der Waals surface area (Å²) in [6, 6.07) is 5.05. The second-order valence-electron chi connectivity index (χ2n) is 3.23. The minimum absolute atomic E-state index is 0.144. The molecule has 0 bridgehead atoms. The lowest BCUT2D eigenvalue weighted by atomic mass is 10.2. The second-order valence-corrected chi connectivity index (χ2v) is 3.57. The van der Waals surface area contributed by atoms with Crippen LogP contribution >= 0.6 is 11.6 Å². The maximum atomic E-state index is 11.7. The zero-order chi connectivity index (χ0) is 11.5. The monoisotopic (exact) mass is 235 g/mol. The molecule has 0 fully saturated rings. The predicted molar refractivity (Wildman–Crippen MR) is 62.4 cm³/mol. The van der Waals surface area contributed by atoms with Crippen molar-refractivity contribution >= 4 is 11.6 Å². The van der Waals surface area contributed by atoms with E-state index < -0.39 is 0 Å². The van der Waals surface area contributed by atoms with Crippen molar-refractivity contribution in [1.82, 2.24) is 14.5 Å². The number of pyridine rings is 1. The molecule has 2 aromatic rings. The van der Waals surface area contributed by atoms with E-state index in [-0.39, 0.29) is 10.8 Å². The van der Waals surface area contributed by atoms with E-state index in [2.05, 4.69) is 9.97 Å². The van der Waals surface area contributed by atoms with Gasteiger partial charge in [-0.25, -0.2) is 4.98 Å². The first-order valence-corrected chi connectivity index (χ1v) is 5.28. The van der Waals surface area contributed by atoms with E-state index in [0.29, 0.717) is 12.2 Å². The summed E-state index contributed by atoms with van der Waals surface area (Å²) in [5.74, 6) is 0. The molecule has 0 amide bonds. The number of nitrogens with zero attached hydrogens (tertiary/aromatic N) is 3. The van der Waals surface area contributed by atoms with Crippen molar-refractivity contribution in [3.05, 3.63) is 46.2 Å². The molecular weight excluding hydrogens is 226 g/mol. The highest BCUT2D eigenvalue weighted by Crippen LogP contribution is 2.15. The van der Waals surface area contributed by atoms with Crippen molar-refractivity contribution in [3.8, 4) is 11.3 Å². The normalized spacial score (nSPS) is 10.4. The average molecular weight is 236 g/mol. The molecule has 82 valence electrons. The zero-order valence-electron chi connectivity index (χ0n) is 8.72. The molecule has 0 saturated heterocycles. The largest absolute Gasteiger partial charge is 0.284 e. The molecule has 2 heterocycles. The van der Waals surface area contributed by atoms with Crippen molar-refractivity contribution in [2.45, 2.75) is 13.5 Å². The number of hydrogen-bond donors (Lipinski definition) is 0. The standard InChI is InChI=1S/C11H10ClN3O/c1-2-15-10(16)7-9(14-11(15)12)8-3-5-13-6-4-8/h3-7H,2H2,1H3. The molecule has 0 aromatic carbocycles. The molecule has 5 heteroatoms. The Labute approximate surface area is 97.6 Å². The quantitative estimate of drug-likeness (QED) is 0.748. The summed E-state index contributed by atoms with van der Waals surface area (Å²) in [5, 5.41) is 0.210. The Balaban J connectivity index is 2.57. The maximum Gasteiger partial charge on any atom is 0.255 e. The van der Waals surface area contributed by atoms with E-state index in [1.807, 2.05) is 6.92 Å². The van der Waals surface area contributed by atoms with Crippen LogP contribution in [0.2, 0.25) is 5.28 Å². The van der Waals surface area contributed by atoms with Crippen molar-refractivity contribution in [1.29, 1.82) is 0 Å². The summed E-state index contributed by atoms with van der Waals surface area (Å²) in [7, 11) is 0. The van der Waals surface area contributed by atoms with Gasteiger partial charge >= 0.3 is 0 Å². The van der Waals surface area contributed by atoms with Crippen LogP contribution in [0.3, 0.4) is 0 Å². The first-order chi connectivity index (χ1) is 7.72. The minimum atomic E-state index is -0.144. The first kappa shape index (κ1) is 10.8. The van der Waals surface area contributed by atoms with Gasteiger partial charge in [0, 0.05) is 30.6 Å². The molecule has 0 spiro atoms. The van der Waals surface area contributed by atoms with E-state index in [0.717, 1.165) is 5.56 Å². The fourth-order valence-corrected chi connectivity index (χ4v) is 1.73. The third-order valence-corrected chi connectivity index (χ3v) is 2.54. The van der Waals surface area contributed by atoms with E-state index >= 15 is 0 Å². The van der Waals surface area contributed by atoms with Crippen molar-refractivity contribution in [3.63, 3.8) is 0 Å². The van der Waals surface area contributed by atoms with Crippen LogP contribution < -0.4 is 5.56 Å². The Morgan fingerprint density at radius 1 is 1.38 bits per heavy atom.